The second kappa shape index (κ2) is 6.40. The Morgan fingerprint density at radius 1 is 1.24 bits per heavy atom. The molecule has 29 heavy (non-hydrogen) atoms. The van der Waals surface area contributed by atoms with Gasteiger partial charge >= 0.3 is 0 Å². The molecule has 5 N–H and O–H groups in total. The molecule has 3 heterocycles. The van der Waals surface area contributed by atoms with Gasteiger partial charge in [0.15, 0.2) is 0 Å². The Morgan fingerprint density at radius 2 is 1.97 bits per heavy atom. The molecule has 3 aromatic heterocycles. The number of halogens is 2. The van der Waals surface area contributed by atoms with Crippen LogP contribution in [0.5, 0.6) is 5.75 Å². The molecule has 0 atom stereocenters. The second-order valence-corrected chi connectivity index (χ2v) is 6.73. The molecule has 7 nitrogen and oxygen atoms in total. The number of rotatable bonds is 3. The number of nitrogens with two attached hydrogens (primary N) is 2. The average Bonchev–Trinajstić information content (AvgIpc) is 2.97. The maximum absolute atomic E-state index is 13.9. The molecule has 0 bridgehead atoms. The normalized spacial score (nSPS) is 11.6. The summed E-state index contributed by atoms with van der Waals surface area (Å²) in [6, 6.07) is 6.31. The van der Waals surface area contributed by atoms with Gasteiger partial charge in [0.25, 0.3) is 12.3 Å². The summed E-state index contributed by atoms with van der Waals surface area (Å²) in [5.74, 6) is -1.08. The highest BCUT2D eigenvalue weighted by molar-refractivity contribution is 6.17. The standard InChI is InChI=1S/C20H17F2N5O2/c1-8-5-6-11(28)9(2)16(8)27-17-12(13(19(27)23)20(24)29)15(18(21)22)26-10-4-3-7-25-14(10)17/h3-7,18,28H,23H2,1-2H3,(H2,24,29). The number of aromatic hydroxyl groups is 1. The zero-order chi connectivity index (χ0) is 21.0. The first-order valence-corrected chi connectivity index (χ1v) is 8.70. The Balaban J connectivity index is 2.36. The summed E-state index contributed by atoms with van der Waals surface area (Å²) in [7, 11) is 0. The van der Waals surface area contributed by atoms with Crippen molar-refractivity contribution in [2.24, 2.45) is 5.73 Å². The van der Waals surface area contributed by atoms with Crippen LogP contribution < -0.4 is 11.5 Å². The number of nitrogen functional groups attached to an aromatic ring is 1. The molecule has 0 fully saturated rings. The van der Waals surface area contributed by atoms with E-state index in [0.29, 0.717) is 16.8 Å². The van der Waals surface area contributed by atoms with Crippen LogP contribution in [-0.4, -0.2) is 25.5 Å². The average molecular weight is 397 g/mol. The van der Waals surface area contributed by atoms with Crippen LogP contribution in [0.3, 0.4) is 0 Å². The number of amides is 1. The van der Waals surface area contributed by atoms with Crippen molar-refractivity contribution in [3.05, 3.63) is 52.8 Å². The van der Waals surface area contributed by atoms with E-state index in [1.54, 1.807) is 32.0 Å². The van der Waals surface area contributed by atoms with Gasteiger partial charge < -0.3 is 16.6 Å². The first kappa shape index (κ1) is 18.6. The molecular formula is C20H17F2N5O2. The van der Waals surface area contributed by atoms with Crippen molar-refractivity contribution in [3.8, 4) is 11.4 Å². The Kier molecular flexibility index (Phi) is 4.11. The molecule has 4 aromatic rings. The molecule has 0 aliphatic carbocycles. The van der Waals surface area contributed by atoms with Crippen LogP contribution in [0, 0.1) is 13.8 Å². The van der Waals surface area contributed by atoms with Gasteiger partial charge in [-0.1, -0.05) is 6.07 Å². The zero-order valence-electron chi connectivity index (χ0n) is 15.6. The van der Waals surface area contributed by atoms with E-state index in [4.69, 9.17) is 11.5 Å². The van der Waals surface area contributed by atoms with Crippen LogP contribution >= 0.6 is 0 Å². The lowest BCUT2D eigenvalue weighted by Crippen LogP contribution is -2.14. The molecule has 1 aromatic carbocycles. The number of phenols is 1. The van der Waals surface area contributed by atoms with Crippen molar-refractivity contribution in [2.45, 2.75) is 20.3 Å². The number of benzene rings is 1. The van der Waals surface area contributed by atoms with Crippen molar-refractivity contribution >= 4 is 33.7 Å². The van der Waals surface area contributed by atoms with Crippen LogP contribution in [-0.2, 0) is 0 Å². The van der Waals surface area contributed by atoms with Crippen LogP contribution in [0.4, 0.5) is 14.6 Å². The van der Waals surface area contributed by atoms with Gasteiger partial charge in [-0.25, -0.2) is 13.8 Å². The first-order chi connectivity index (χ1) is 13.7. The molecule has 0 saturated heterocycles. The van der Waals surface area contributed by atoms with Crippen LogP contribution in [0.25, 0.3) is 27.6 Å². The van der Waals surface area contributed by atoms with E-state index in [9.17, 15) is 18.7 Å². The number of anilines is 1. The second-order valence-electron chi connectivity index (χ2n) is 6.73. The van der Waals surface area contributed by atoms with E-state index >= 15 is 0 Å². The third kappa shape index (κ3) is 2.58. The van der Waals surface area contributed by atoms with Crippen LogP contribution in [0.15, 0.2) is 30.5 Å². The van der Waals surface area contributed by atoms with Crippen LogP contribution in [0.1, 0.15) is 33.6 Å². The number of primary amides is 1. The van der Waals surface area contributed by atoms with Crippen molar-refractivity contribution < 1.29 is 18.7 Å². The Bertz CT molecular complexity index is 1310. The number of carbonyl (C=O) groups is 1. The smallest absolute Gasteiger partial charge is 0.281 e. The summed E-state index contributed by atoms with van der Waals surface area (Å²) in [4.78, 5) is 20.5. The van der Waals surface area contributed by atoms with E-state index in [1.165, 1.54) is 16.8 Å². The number of alkyl halides is 2. The number of aryl methyl sites for hydroxylation is 1. The summed E-state index contributed by atoms with van der Waals surface area (Å²) in [5, 5.41) is 10.1. The first-order valence-electron chi connectivity index (χ1n) is 8.70. The van der Waals surface area contributed by atoms with Gasteiger partial charge in [0.05, 0.1) is 22.3 Å². The van der Waals surface area contributed by atoms with Gasteiger partial charge in [0.1, 0.15) is 22.8 Å². The molecule has 1 amide bonds. The molecule has 148 valence electrons. The maximum atomic E-state index is 13.9. The number of hydrogen-bond donors (Lipinski definition) is 3. The Hall–Kier alpha value is -3.75. The molecule has 0 saturated carbocycles. The SMILES string of the molecule is Cc1ccc(O)c(C)c1-n1c(N)c(C(N)=O)c2c(C(F)F)nc3cccnc3c21. The van der Waals surface area contributed by atoms with E-state index in [1.807, 2.05) is 0 Å². The summed E-state index contributed by atoms with van der Waals surface area (Å²) in [6.45, 7) is 3.44. The van der Waals surface area contributed by atoms with Crippen molar-refractivity contribution in [3.63, 3.8) is 0 Å². The molecular weight excluding hydrogens is 380 g/mol. The summed E-state index contributed by atoms with van der Waals surface area (Å²) >= 11 is 0. The topological polar surface area (TPSA) is 120 Å². The Labute approximate surface area is 163 Å². The van der Waals surface area contributed by atoms with E-state index in [2.05, 4.69) is 9.97 Å². The largest absolute Gasteiger partial charge is 0.508 e. The third-order valence-electron chi connectivity index (χ3n) is 5.00. The number of pyridine rings is 2. The molecule has 0 unspecified atom stereocenters. The Morgan fingerprint density at radius 3 is 2.62 bits per heavy atom. The van der Waals surface area contributed by atoms with E-state index < -0.39 is 18.0 Å². The number of carbonyl (C=O) groups excluding carboxylic acids is 1. The summed E-state index contributed by atoms with van der Waals surface area (Å²) in [5.41, 5.74) is 13.3. The van der Waals surface area contributed by atoms with E-state index in [0.717, 1.165) is 0 Å². The molecule has 4 rings (SSSR count). The number of fused-ring (bicyclic) bond motifs is 3. The molecule has 0 aliphatic heterocycles. The maximum Gasteiger partial charge on any atom is 0.281 e. The highest BCUT2D eigenvalue weighted by Crippen LogP contribution is 2.41. The van der Waals surface area contributed by atoms with Crippen molar-refractivity contribution in [1.29, 1.82) is 0 Å². The zero-order valence-corrected chi connectivity index (χ0v) is 15.6. The van der Waals surface area contributed by atoms with Gasteiger partial charge in [-0.3, -0.25) is 14.3 Å². The minimum absolute atomic E-state index is 0.00659. The molecule has 0 radical (unpaired) electrons. The lowest BCUT2D eigenvalue weighted by Gasteiger charge is -2.16. The fraction of sp³-hybridized carbons (Fsp3) is 0.150. The highest BCUT2D eigenvalue weighted by atomic mass is 19.3. The highest BCUT2D eigenvalue weighted by Gasteiger charge is 2.30. The van der Waals surface area contributed by atoms with E-state index in [-0.39, 0.29) is 39.1 Å². The summed E-state index contributed by atoms with van der Waals surface area (Å²) in [6.07, 6.45) is -1.48. The van der Waals surface area contributed by atoms with Gasteiger partial charge in [-0.2, -0.15) is 0 Å². The predicted molar refractivity (Wildman–Crippen MR) is 105 cm³/mol. The fourth-order valence-electron chi connectivity index (χ4n) is 3.73. The lowest BCUT2D eigenvalue weighted by atomic mass is 10.1. The number of aromatic nitrogens is 3. The third-order valence-corrected chi connectivity index (χ3v) is 5.00. The van der Waals surface area contributed by atoms with Crippen LogP contribution in [0.2, 0.25) is 0 Å². The lowest BCUT2D eigenvalue weighted by molar-refractivity contribution is 0.100. The van der Waals surface area contributed by atoms with Gasteiger partial charge in [0, 0.05) is 17.1 Å². The molecule has 9 heteroatoms. The minimum Gasteiger partial charge on any atom is -0.508 e. The quantitative estimate of drug-likeness (QED) is 0.489. The monoisotopic (exact) mass is 397 g/mol. The van der Waals surface area contributed by atoms with Crippen molar-refractivity contribution in [1.82, 2.24) is 14.5 Å². The summed E-state index contributed by atoms with van der Waals surface area (Å²) < 4.78 is 29.3. The van der Waals surface area contributed by atoms with Gasteiger partial charge in [-0.15, -0.1) is 0 Å². The number of nitrogens with zero attached hydrogens (tertiary/aromatic N) is 3. The van der Waals surface area contributed by atoms with Crippen molar-refractivity contribution in [2.75, 3.05) is 5.73 Å². The molecule has 0 spiro atoms. The van der Waals surface area contributed by atoms with Gasteiger partial charge in [-0.05, 0) is 37.6 Å². The fourth-order valence-corrected chi connectivity index (χ4v) is 3.73. The predicted octanol–water partition coefficient (Wildman–Crippen LogP) is 3.51. The minimum atomic E-state index is -2.97. The number of phenolic OH excluding ortho intramolecular Hbond substituents is 1. The number of hydrogen-bond acceptors (Lipinski definition) is 5. The van der Waals surface area contributed by atoms with Gasteiger partial charge in [0.2, 0.25) is 0 Å². The molecule has 0 aliphatic rings.